The van der Waals surface area contributed by atoms with E-state index in [4.69, 9.17) is 18.9 Å². The van der Waals surface area contributed by atoms with E-state index in [-0.39, 0.29) is 12.7 Å². The highest BCUT2D eigenvalue weighted by atomic mass is 16.8. The molecule has 0 radical (unpaired) electrons. The van der Waals surface area contributed by atoms with Crippen LogP contribution in [0.5, 0.6) is 0 Å². The number of hydrogen-bond acceptors (Lipinski definition) is 5. The van der Waals surface area contributed by atoms with Crippen molar-refractivity contribution >= 4 is 0 Å². The fourth-order valence-electron chi connectivity index (χ4n) is 3.53. The monoisotopic (exact) mass is 356 g/mol. The SMILES string of the molecule is CC1(C)O[C@H]2OC(COC(c3ccccc3)c3ccccc3)[C@H](O)[C@H]2O1. The van der Waals surface area contributed by atoms with Crippen molar-refractivity contribution in [3.05, 3.63) is 71.8 Å². The second kappa shape index (κ2) is 7.10. The van der Waals surface area contributed by atoms with E-state index >= 15 is 0 Å². The van der Waals surface area contributed by atoms with Gasteiger partial charge in [-0.3, -0.25) is 0 Å². The zero-order valence-electron chi connectivity index (χ0n) is 14.9. The summed E-state index contributed by atoms with van der Waals surface area (Å²) in [7, 11) is 0. The second-order valence-electron chi connectivity index (χ2n) is 7.17. The molecule has 0 spiro atoms. The van der Waals surface area contributed by atoms with E-state index < -0.39 is 30.4 Å². The first kappa shape index (κ1) is 17.6. The molecule has 5 heteroatoms. The largest absolute Gasteiger partial charge is 0.387 e. The molecular formula is C21H24O5. The predicted molar refractivity (Wildman–Crippen MR) is 95.4 cm³/mol. The molecule has 26 heavy (non-hydrogen) atoms. The van der Waals surface area contributed by atoms with E-state index in [1.165, 1.54) is 0 Å². The van der Waals surface area contributed by atoms with Crippen LogP contribution in [0.4, 0.5) is 0 Å². The summed E-state index contributed by atoms with van der Waals surface area (Å²) < 4.78 is 23.5. The molecule has 0 amide bonds. The van der Waals surface area contributed by atoms with E-state index in [0.29, 0.717) is 0 Å². The van der Waals surface area contributed by atoms with Crippen LogP contribution < -0.4 is 0 Å². The van der Waals surface area contributed by atoms with Gasteiger partial charge < -0.3 is 24.1 Å². The van der Waals surface area contributed by atoms with Gasteiger partial charge in [0.2, 0.25) is 0 Å². The van der Waals surface area contributed by atoms with Crippen LogP contribution in [0.15, 0.2) is 60.7 Å². The molecule has 4 rings (SSSR count). The molecule has 0 bridgehead atoms. The van der Waals surface area contributed by atoms with E-state index in [1.54, 1.807) is 0 Å². The predicted octanol–water partition coefficient (Wildman–Crippen LogP) is 3.03. The Morgan fingerprint density at radius 1 is 0.962 bits per heavy atom. The number of benzene rings is 2. The number of rotatable bonds is 5. The Hall–Kier alpha value is -1.76. The minimum Gasteiger partial charge on any atom is -0.387 e. The van der Waals surface area contributed by atoms with Gasteiger partial charge in [0.1, 0.15) is 24.4 Å². The maximum atomic E-state index is 10.5. The van der Waals surface area contributed by atoms with Gasteiger partial charge in [-0.15, -0.1) is 0 Å². The second-order valence-corrected chi connectivity index (χ2v) is 7.17. The van der Waals surface area contributed by atoms with Crippen molar-refractivity contribution in [2.75, 3.05) is 6.61 Å². The summed E-state index contributed by atoms with van der Waals surface area (Å²) >= 11 is 0. The fraction of sp³-hybridized carbons (Fsp3) is 0.429. The molecule has 5 nitrogen and oxygen atoms in total. The lowest BCUT2D eigenvalue weighted by Crippen LogP contribution is -2.37. The van der Waals surface area contributed by atoms with Crippen molar-refractivity contribution in [3.63, 3.8) is 0 Å². The van der Waals surface area contributed by atoms with E-state index in [1.807, 2.05) is 74.5 Å². The molecule has 1 unspecified atom stereocenters. The summed E-state index contributed by atoms with van der Waals surface area (Å²) in [6.45, 7) is 3.87. The lowest BCUT2D eigenvalue weighted by Gasteiger charge is -2.25. The summed E-state index contributed by atoms with van der Waals surface area (Å²) in [6, 6.07) is 20.1. The summed E-state index contributed by atoms with van der Waals surface area (Å²) in [5, 5.41) is 10.5. The van der Waals surface area contributed by atoms with Crippen molar-refractivity contribution in [3.8, 4) is 0 Å². The third-order valence-corrected chi connectivity index (χ3v) is 4.75. The minimum atomic E-state index is -0.783. The Morgan fingerprint density at radius 2 is 1.54 bits per heavy atom. The maximum Gasteiger partial charge on any atom is 0.190 e. The molecule has 2 fully saturated rings. The lowest BCUT2D eigenvalue weighted by molar-refractivity contribution is -0.221. The number of fused-ring (bicyclic) bond motifs is 1. The Morgan fingerprint density at radius 3 is 2.08 bits per heavy atom. The summed E-state index contributed by atoms with van der Waals surface area (Å²) in [6.07, 6.45) is -2.54. The average molecular weight is 356 g/mol. The summed E-state index contributed by atoms with van der Waals surface area (Å²) in [5.41, 5.74) is 2.11. The van der Waals surface area contributed by atoms with Crippen molar-refractivity contribution in [2.24, 2.45) is 0 Å². The van der Waals surface area contributed by atoms with Crippen LogP contribution in [-0.2, 0) is 18.9 Å². The lowest BCUT2D eigenvalue weighted by atomic mass is 10.0. The highest BCUT2D eigenvalue weighted by Crippen LogP contribution is 2.38. The zero-order chi connectivity index (χ0) is 18.1. The van der Waals surface area contributed by atoms with Crippen LogP contribution in [-0.4, -0.2) is 42.1 Å². The number of ether oxygens (including phenoxy) is 4. The Labute approximate surface area is 153 Å². The molecule has 2 aromatic carbocycles. The van der Waals surface area contributed by atoms with Crippen molar-refractivity contribution in [2.45, 2.75) is 50.3 Å². The van der Waals surface area contributed by atoms with Gasteiger partial charge in [-0.2, -0.15) is 0 Å². The van der Waals surface area contributed by atoms with Gasteiger partial charge in [-0.1, -0.05) is 60.7 Å². The third kappa shape index (κ3) is 3.54. The van der Waals surface area contributed by atoms with Crippen LogP contribution in [0.25, 0.3) is 0 Å². The highest BCUT2D eigenvalue weighted by Gasteiger charge is 2.54. The van der Waals surface area contributed by atoms with Gasteiger partial charge in [0.25, 0.3) is 0 Å². The van der Waals surface area contributed by atoms with Crippen molar-refractivity contribution in [1.29, 1.82) is 0 Å². The summed E-state index contributed by atoms with van der Waals surface area (Å²) in [4.78, 5) is 0. The van der Waals surface area contributed by atoms with Gasteiger partial charge in [0, 0.05) is 0 Å². The molecule has 0 aromatic heterocycles. The molecule has 2 aliphatic rings. The van der Waals surface area contributed by atoms with Crippen LogP contribution in [0, 0.1) is 0 Å². The maximum absolute atomic E-state index is 10.5. The highest BCUT2D eigenvalue weighted by molar-refractivity contribution is 5.29. The Kier molecular flexibility index (Phi) is 4.82. The molecule has 2 aromatic rings. The molecule has 0 saturated carbocycles. The first-order valence-electron chi connectivity index (χ1n) is 8.94. The van der Waals surface area contributed by atoms with Gasteiger partial charge >= 0.3 is 0 Å². The topological polar surface area (TPSA) is 57.2 Å². The van der Waals surface area contributed by atoms with E-state index in [9.17, 15) is 5.11 Å². The molecular weight excluding hydrogens is 332 g/mol. The van der Waals surface area contributed by atoms with Gasteiger partial charge in [0.05, 0.1) is 6.61 Å². The Bertz CT molecular complexity index is 678. The quantitative estimate of drug-likeness (QED) is 0.892. The van der Waals surface area contributed by atoms with Gasteiger partial charge in [-0.05, 0) is 25.0 Å². The minimum absolute atomic E-state index is 0.230. The van der Waals surface area contributed by atoms with Crippen LogP contribution in [0.3, 0.4) is 0 Å². The molecule has 2 heterocycles. The molecule has 4 atom stereocenters. The summed E-state index contributed by atoms with van der Waals surface area (Å²) in [5.74, 6) is -0.737. The number of aliphatic hydroxyl groups excluding tert-OH is 1. The number of aliphatic hydroxyl groups is 1. The Balaban J connectivity index is 1.46. The molecule has 138 valence electrons. The third-order valence-electron chi connectivity index (χ3n) is 4.75. The van der Waals surface area contributed by atoms with Gasteiger partial charge in [-0.25, -0.2) is 0 Å². The molecule has 0 aliphatic carbocycles. The first-order chi connectivity index (χ1) is 12.5. The standard InChI is InChI=1S/C21H24O5/c1-21(2)25-19-17(22)16(24-20(19)26-21)13-23-18(14-9-5-3-6-10-14)15-11-7-4-8-12-15/h3-12,16-20,22H,13H2,1-2H3/t16?,17-,19+,20+/m0/s1. The average Bonchev–Trinajstić information content (AvgIpc) is 3.10. The first-order valence-corrected chi connectivity index (χ1v) is 8.94. The molecule has 2 aliphatic heterocycles. The normalized spacial score (nSPS) is 29.8. The zero-order valence-corrected chi connectivity index (χ0v) is 14.9. The smallest absolute Gasteiger partial charge is 0.190 e. The van der Waals surface area contributed by atoms with Crippen molar-refractivity contribution < 1.29 is 24.1 Å². The van der Waals surface area contributed by atoms with Gasteiger partial charge in [0.15, 0.2) is 12.1 Å². The van der Waals surface area contributed by atoms with Crippen molar-refractivity contribution in [1.82, 2.24) is 0 Å². The number of hydrogen-bond donors (Lipinski definition) is 1. The molecule has 2 saturated heterocycles. The van der Waals surface area contributed by atoms with Crippen LogP contribution in [0.2, 0.25) is 0 Å². The molecule has 1 N–H and O–H groups in total. The van der Waals surface area contributed by atoms with Crippen LogP contribution in [0.1, 0.15) is 31.1 Å². The van der Waals surface area contributed by atoms with E-state index in [2.05, 4.69) is 0 Å². The fourth-order valence-corrected chi connectivity index (χ4v) is 3.53. The van der Waals surface area contributed by atoms with Crippen LogP contribution >= 0.6 is 0 Å². The van der Waals surface area contributed by atoms with E-state index in [0.717, 1.165) is 11.1 Å².